The highest BCUT2D eigenvalue weighted by Crippen LogP contribution is 2.01. The van der Waals surface area contributed by atoms with Crippen molar-refractivity contribution in [3.8, 4) is 0 Å². The summed E-state index contributed by atoms with van der Waals surface area (Å²) < 4.78 is 0. The van der Waals surface area contributed by atoms with Gasteiger partial charge in [-0.15, -0.1) is 0 Å². The van der Waals surface area contributed by atoms with Crippen molar-refractivity contribution in [2.24, 2.45) is 5.73 Å². The molecule has 3 amide bonds. The monoisotopic (exact) mass is 269 g/mol. The van der Waals surface area contributed by atoms with Crippen LogP contribution < -0.4 is 11.1 Å². The molecule has 0 aliphatic heterocycles. The first-order valence-electron chi connectivity index (χ1n) is 5.40. The van der Waals surface area contributed by atoms with Crippen LogP contribution in [0.5, 0.6) is 0 Å². The SMILES string of the molecule is CN(Cc1cn[nH]c1)C(=O)N[C@@H](CC(N)=O)C(=O)O. The highest BCUT2D eigenvalue weighted by Gasteiger charge is 2.23. The van der Waals surface area contributed by atoms with E-state index < -0.39 is 30.4 Å². The van der Waals surface area contributed by atoms with E-state index >= 15 is 0 Å². The molecule has 1 aromatic rings. The van der Waals surface area contributed by atoms with Crippen molar-refractivity contribution in [1.82, 2.24) is 20.4 Å². The van der Waals surface area contributed by atoms with Gasteiger partial charge in [-0.25, -0.2) is 9.59 Å². The Labute approximate surface area is 108 Å². The molecule has 0 unspecified atom stereocenters. The van der Waals surface area contributed by atoms with Crippen LogP contribution in [0, 0.1) is 0 Å². The van der Waals surface area contributed by atoms with Gasteiger partial charge in [0.25, 0.3) is 0 Å². The normalized spacial score (nSPS) is 11.6. The van der Waals surface area contributed by atoms with Crippen molar-refractivity contribution in [2.75, 3.05) is 7.05 Å². The molecule has 0 bridgehead atoms. The minimum absolute atomic E-state index is 0.255. The molecule has 1 aromatic heterocycles. The second kappa shape index (κ2) is 6.38. The van der Waals surface area contributed by atoms with Gasteiger partial charge in [0, 0.05) is 18.8 Å². The third-order valence-electron chi connectivity index (χ3n) is 2.32. The quantitative estimate of drug-likeness (QED) is 0.517. The van der Waals surface area contributed by atoms with Gasteiger partial charge in [-0.1, -0.05) is 0 Å². The average Bonchev–Trinajstić information content (AvgIpc) is 2.79. The van der Waals surface area contributed by atoms with Crippen LogP contribution in [-0.4, -0.2) is 51.2 Å². The minimum Gasteiger partial charge on any atom is -0.480 e. The Bertz CT molecular complexity index is 458. The number of aromatic nitrogens is 2. The maximum Gasteiger partial charge on any atom is 0.326 e. The van der Waals surface area contributed by atoms with Gasteiger partial charge in [0.05, 0.1) is 19.2 Å². The lowest BCUT2D eigenvalue weighted by molar-refractivity contribution is -0.140. The maximum absolute atomic E-state index is 11.7. The Hall–Kier alpha value is -2.58. The van der Waals surface area contributed by atoms with Gasteiger partial charge in [0.1, 0.15) is 6.04 Å². The summed E-state index contributed by atoms with van der Waals surface area (Å²) in [5.41, 5.74) is 5.68. The van der Waals surface area contributed by atoms with Crippen LogP contribution in [0.15, 0.2) is 12.4 Å². The topological polar surface area (TPSA) is 141 Å². The summed E-state index contributed by atoms with van der Waals surface area (Å²) in [5.74, 6) is -2.12. The molecule has 1 atom stereocenters. The fourth-order valence-corrected chi connectivity index (χ4v) is 1.37. The van der Waals surface area contributed by atoms with Crippen molar-refractivity contribution in [3.63, 3.8) is 0 Å². The van der Waals surface area contributed by atoms with Crippen molar-refractivity contribution < 1.29 is 19.5 Å². The first-order valence-corrected chi connectivity index (χ1v) is 5.40. The Balaban J connectivity index is 2.56. The number of rotatable bonds is 6. The predicted molar refractivity (Wildman–Crippen MR) is 63.8 cm³/mol. The summed E-state index contributed by atoms with van der Waals surface area (Å²) in [6, 6.07) is -1.95. The van der Waals surface area contributed by atoms with Gasteiger partial charge in [0.15, 0.2) is 0 Å². The molecule has 9 nitrogen and oxygen atoms in total. The number of H-pyrrole nitrogens is 1. The lowest BCUT2D eigenvalue weighted by Crippen LogP contribution is -2.47. The predicted octanol–water partition coefficient (Wildman–Crippen LogP) is -1.12. The number of carboxylic acids is 1. The van der Waals surface area contributed by atoms with Crippen LogP contribution in [0.4, 0.5) is 4.79 Å². The zero-order valence-electron chi connectivity index (χ0n) is 10.3. The number of aromatic amines is 1. The molecule has 0 saturated heterocycles. The fraction of sp³-hybridized carbons (Fsp3) is 0.400. The molecule has 0 aliphatic rings. The summed E-state index contributed by atoms with van der Waals surface area (Å²) in [5, 5.41) is 17.4. The Morgan fingerprint density at radius 2 is 2.26 bits per heavy atom. The fourth-order valence-electron chi connectivity index (χ4n) is 1.37. The number of aliphatic carboxylic acids is 1. The first-order chi connectivity index (χ1) is 8.90. The lowest BCUT2D eigenvalue weighted by Gasteiger charge is -2.20. The number of amides is 3. The van der Waals surface area contributed by atoms with Crippen LogP contribution >= 0.6 is 0 Å². The van der Waals surface area contributed by atoms with Crippen LogP contribution in [0.25, 0.3) is 0 Å². The zero-order valence-corrected chi connectivity index (χ0v) is 10.3. The van der Waals surface area contributed by atoms with Crippen molar-refractivity contribution in [1.29, 1.82) is 0 Å². The lowest BCUT2D eigenvalue weighted by atomic mass is 10.2. The number of urea groups is 1. The average molecular weight is 269 g/mol. The first kappa shape index (κ1) is 14.5. The molecule has 0 fully saturated rings. The van der Waals surface area contributed by atoms with Crippen molar-refractivity contribution in [2.45, 2.75) is 19.0 Å². The number of carbonyl (C=O) groups is 3. The van der Waals surface area contributed by atoms with Crippen molar-refractivity contribution in [3.05, 3.63) is 18.0 Å². The number of primary amides is 1. The molecule has 0 radical (unpaired) electrons. The molecule has 0 aliphatic carbocycles. The Morgan fingerprint density at radius 1 is 1.58 bits per heavy atom. The van der Waals surface area contributed by atoms with Crippen LogP contribution in [0.1, 0.15) is 12.0 Å². The van der Waals surface area contributed by atoms with E-state index in [0.29, 0.717) is 0 Å². The summed E-state index contributed by atoms with van der Waals surface area (Å²) >= 11 is 0. The van der Waals surface area contributed by atoms with Crippen molar-refractivity contribution >= 4 is 17.9 Å². The summed E-state index contributed by atoms with van der Waals surface area (Å²) in [6.45, 7) is 0.255. The largest absolute Gasteiger partial charge is 0.480 e. The molecule has 0 aromatic carbocycles. The molecule has 0 spiro atoms. The van der Waals surface area contributed by atoms with E-state index in [4.69, 9.17) is 10.8 Å². The molecular formula is C10H15N5O4. The maximum atomic E-state index is 11.7. The Morgan fingerprint density at radius 3 is 2.74 bits per heavy atom. The van der Waals surface area contributed by atoms with Crippen LogP contribution in [0.3, 0.4) is 0 Å². The van der Waals surface area contributed by atoms with Gasteiger partial charge in [0.2, 0.25) is 5.91 Å². The molecule has 5 N–H and O–H groups in total. The number of nitrogens with two attached hydrogens (primary N) is 1. The summed E-state index contributed by atoms with van der Waals surface area (Å²) in [4.78, 5) is 34.6. The zero-order chi connectivity index (χ0) is 14.4. The number of nitrogens with zero attached hydrogens (tertiary/aromatic N) is 2. The molecule has 19 heavy (non-hydrogen) atoms. The number of hydrogen-bond acceptors (Lipinski definition) is 4. The Kier molecular flexibility index (Phi) is 4.86. The van der Waals surface area contributed by atoms with E-state index in [1.54, 1.807) is 12.4 Å². The smallest absolute Gasteiger partial charge is 0.326 e. The number of nitrogens with one attached hydrogen (secondary N) is 2. The van der Waals surface area contributed by atoms with Gasteiger partial charge in [-0.05, 0) is 0 Å². The molecule has 0 saturated carbocycles. The number of hydrogen-bond donors (Lipinski definition) is 4. The van der Waals surface area contributed by atoms with E-state index in [1.807, 2.05) is 0 Å². The van der Waals surface area contributed by atoms with Gasteiger partial charge < -0.3 is 21.1 Å². The molecule has 104 valence electrons. The van der Waals surface area contributed by atoms with Crippen LogP contribution in [0.2, 0.25) is 0 Å². The van der Waals surface area contributed by atoms with Gasteiger partial charge in [-0.3, -0.25) is 9.89 Å². The summed E-state index contributed by atoms with van der Waals surface area (Å²) in [7, 11) is 1.49. The highest BCUT2D eigenvalue weighted by atomic mass is 16.4. The summed E-state index contributed by atoms with van der Waals surface area (Å²) in [6.07, 6.45) is 2.70. The third kappa shape index (κ3) is 4.66. The van der Waals surface area contributed by atoms with E-state index in [9.17, 15) is 14.4 Å². The third-order valence-corrected chi connectivity index (χ3v) is 2.32. The van der Waals surface area contributed by atoms with Gasteiger partial charge >= 0.3 is 12.0 Å². The standard InChI is InChI=1S/C10H15N5O4/c1-15(5-6-3-12-13-4-6)10(19)14-7(9(17)18)2-8(11)16/h3-4,7H,2,5H2,1H3,(H2,11,16)(H,12,13)(H,14,19)(H,17,18)/t7-/m0/s1. The molecule has 1 heterocycles. The van der Waals surface area contributed by atoms with E-state index in [-0.39, 0.29) is 6.54 Å². The second-order valence-electron chi connectivity index (χ2n) is 3.97. The molecule has 9 heteroatoms. The highest BCUT2D eigenvalue weighted by molar-refractivity contribution is 5.87. The number of carboxylic acid groups (broad SMARTS) is 1. The van der Waals surface area contributed by atoms with Gasteiger partial charge in [-0.2, -0.15) is 5.10 Å². The number of carbonyl (C=O) groups excluding carboxylic acids is 2. The molecular weight excluding hydrogens is 254 g/mol. The molecule has 1 rings (SSSR count). The van der Waals surface area contributed by atoms with E-state index in [0.717, 1.165) is 5.56 Å². The second-order valence-corrected chi connectivity index (χ2v) is 3.97. The van der Waals surface area contributed by atoms with E-state index in [1.165, 1.54) is 11.9 Å². The van der Waals surface area contributed by atoms with E-state index in [2.05, 4.69) is 15.5 Å². The van der Waals surface area contributed by atoms with Crippen LogP contribution in [-0.2, 0) is 16.1 Å². The minimum atomic E-state index is -1.34.